The van der Waals surface area contributed by atoms with Crippen LogP contribution in [0.4, 0.5) is 0 Å². The first-order chi connectivity index (χ1) is 7.42. The van der Waals surface area contributed by atoms with Gasteiger partial charge in [0.2, 0.25) is 0 Å². The van der Waals surface area contributed by atoms with Gasteiger partial charge in [0.15, 0.2) is 0 Å². The van der Waals surface area contributed by atoms with Crippen LogP contribution in [0.25, 0.3) is 0 Å². The van der Waals surface area contributed by atoms with Crippen LogP contribution in [0, 0.1) is 0 Å². The molecule has 1 aromatic heterocycles. The van der Waals surface area contributed by atoms with Gasteiger partial charge in [0.05, 0.1) is 12.6 Å². The van der Waals surface area contributed by atoms with E-state index in [1.807, 2.05) is 31.6 Å². The van der Waals surface area contributed by atoms with Gasteiger partial charge < -0.3 is 10.1 Å². The molecule has 1 aliphatic rings. The lowest BCUT2D eigenvalue weighted by Crippen LogP contribution is -2.21. The van der Waals surface area contributed by atoms with E-state index in [0.717, 1.165) is 25.2 Å². The predicted octanol–water partition coefficient (Wildman–Crippen LogP) is 2.04. The largest absolute Gasteiger partial charge is 0.496 e. The third kappa shape index (κ3) is 2.36. The quantitative estimate of drug-likeness (QED) is 0.818. The van der Waals surface area contributed by atoms with Crippen molar-refractivity contribution in [3.8, 4) is 0 Å². The van der Waals surface area contributed by atoms with Gasteiger partial charge in [0.25, 0.3) is 0 Å². The maximum absolute atomic E-state index is 5.66. The van der Waals surface area contributed by atoms with E-state index in [4.69, 9.17) is 4.74 Å². The first-order valence-electron chi connectivity index (χ1n) is 5.32. The molecule has 1 aromatic rings. The Labute approximate surface area is 90.2 Å². The second-order valence-electron chi connectivity index (χ2n) is 3.60. The molecule has 3 heteroatoms. The Balaban J connectivity index is 2.20. The molecular weight excluding hydrogens is 188 g/mol. The number of hydrogen-bond acceptors (Lipinski definition) is 3. The van der Waals surface area contributed by atoms with Crippen LogP contribution < -0.4 is 5.32 Å². The van der Waals surface area contributed by atoms with Crippen molar-refractivity contribution in [2.24, 2.45) is 0 Å². The Hall–Kier alpha value is -1.35. The SMILES string of the molecule is CNC(C1=CCCCO1)c1ccncc1. The average Bonchev–Trinajstić information content (AvgIpc) is 2.33. The summed E-state index contributed by atoms with van der Waals surface area (Å²) in [5.74, 6) is 1.04. The summed E-state index contributed by atoms with van der Waals surface area (Å²) in [6, 6.07) is 4.19. The van der Waals surface area contributed by atoms with Gasteiger partial charge in [-0.1, -0.05) is 0 Å². The van der Waals surface area contributed by atoms with Crippen molar-refractivity contribution >= 4 is 0 Å². The van der Waals surface area contributed by atoms with Crippen molar-refractivity contribution < 1.29 is 4.74 Å². The maximum Gasteiger partial charge on any atom is 0.113 e. The van der Waals surface area contributed by atoms with Crippen LogP contribution in [-0.4, -0.2) is 18.6 Å². The van der Waals surface area contributed by atoms with Gasteiger partial charge in [-0.15, -0.1) is 0 Å². The van der Waals surface area contributed by atoms with Gasteiger partial charge in [-0.2, -0.15) is 0 Å². The van der Waals surface area contributed by atoms with E-state index in [0.29, 0.717) is 0 Å². The van der Waals surface area contributed by atoms with Crippen LogP contribution in [0.1, 0.15) is 24.4 Å². The summed E-state index contributed by atoms with van der Waals surface area (Å²) in [7, 11) is 1.95. The molecule has 0 saturated heterocycles. The van der Waals surface area contributed by atoms with Gasteiger partial charge in [-0.05, 0) is 43.7 Å². The minimum atomic E-state index is 0.160. The number of nitrogens with one attached hydrogen (secondary N) is 1. The zero-order valence-corrected chi connectivity index (χ0v) is 8.94. The van der Waals surface area contributed by atoms with Gasteiger partial charge in [0.1, 0.15) is 5.76 Å². The number of aromatic nitrogens is 1. The van der Waals surface area contributed by atoms with Crippen molar-refractivity contribution in [2.45, 2.75) is 18.9 Å². The summed E-state index contributed by atoms with van der Waals surface area (Å²) in [4.78, 5) is 4.02. The van der Waals surface area contributed by atoms with E-state index in [1.165, 1.54) is 5.56 Å². The van der Waals surface area contributed by atoms with Crippen molar-refractivity contribution in [3.63, 3.8) is 0 Å². The standard InChI is InChI=1S/C12H16N2O/c1-13-12(10-5-7-14-8-6-10)11-4-2-3-9-15-11/h4-8,12-13H,2-3,9H2,1H3. The fourth-order valence-electron chi connectivity index (χ4n) is 1.81. The van der Waals surface area contributed by atoms with E-state index in [9.17, 15) is 0 Å². The zero-order chi connectivity index (χ0) is 10.5. The summed E-state index contributed by atoms with van der Waals surface area (Å²) in [5, 5.41) is 3.27. The average molecular weight is 204 g/mol. The number of nitrogens with zero attached hydrogens (tertiary/aromatic N) is 1. The fraction of sp³-hybridized carbons (Fsp3) is 0.417. The molecule has 0 aromatic carbocycles. The number of rotatable bonds is 3. The second-order valence-corrected chi connectivity index (χ2v) is 3.60. The van der Waals surface area contributed by atoms with Gasteiger partial charge in [0, 0.05) is 12.4 Å². The van der Waals surface area contributed by atoms with Crippen LogP contribution in [0.5, 0.6) is 0 Å². The molecule has 0 spiro atoms. The molecule has 0 bridgehead atoms. The molecule has 0 amide bonds. The third-order valence-corrected chi connectivity index (χ3v) is 2.58. The van der Waals surface area contributed by atoms with E-state index in [-0.39, 0.29) is 6.04 Å². The smallest absolute Gasteiger partial charge is 0.113 e. The Morgan fingerprint density at radius 2 is 2.20 bits per heavy atom. The van der Waals surface area contributed by atoms with Crippen LogP contribution in [0.15, 0.2) is 36.4 Å². The summed E-state index contributed by atoms with van der Waals surface area (Å²) < 4.78 is 5.66. The second kappa shape index (κ2) is 4.94. The number of likely N-dealkylation sites (N-methyl/N-ethyl adjacent to an activating group) is 1. The highest BCUT2D eigenvalue weighted by molar-refractivity contribution is 5.23. The molecule has 15 heavy (non-hydrogen) atoms. The van der Waals surface area contributed by atoms with Gasteiger partial charge in [-0.25, -0.2) is 0 Å². The minimum absolute atomic E-state index is 0.160. The Morgan fingerprint density at radius 1 is 1.40 bits per heavy atom. The molecule has 80 valence electrons. The molecular formula is C12H16N2O. The highest BCUT2D eigenvalue weighted by atomic mass is 16.5. The highest BCUT2D eigenvalue weighted by Crippen LogP contribution is 2.24. The van der Waals surface area contributed by atoms with Crippen molar-refractivity contribution in [1.29, 1.82) is 0 Å². The Kier molecular flexibility index (Phi) is 3.35. The Morgan fingerprint density at radius 3 is 2.80 bits per heavy atom. The van der Waals surface area contributed by atoms with Crippen molar-refractivity contribution in [1.82, 2.24) is 10.3 Å². The number of allylic oxidation sites excluding steroid dienone is 1. The van der Waals surface area contributed by atoms with Crippen molar-refractivity contribution in [2.75, 3.05) is 13.7 Å². The zero-order valence-electron chi connectivity index (χ0n) is 8.94. The molecule has 0 fully saturated rings. The molecule has 1 atom stereocenters. The van der Waals surface area contributed by atoms with E-state index < -0.39 is 0 Å². The normalized spacial score (nSPS) is 17.8. The van der Waals surface area contributed by atoms with E-state index in [2.05, 4.69) is 16.4 Å². The van der Waals surface area contributed by atoms with E-state index >= 15 is 0 Å². The number of hydrogen-bond donors (Lipinski definition) is 1. The first kappa shape index (κ1) is 10.2. The van der Waals surface area contributed by atoms with Gasteiger partial charge in [-0.3, -0.25) is 4.98 Å². The summed E-state index contributed by atoms with van der Waals surface area (Å²) >= 11 is 0. The molecule has 0 saturated carbocycles. The van der Waals surface area contributed by atoms with Crippen LogP contribution >= 0.6 is 0 Å². The third-order valence-electron chi connectivity index (χ3n) is 2.58. The van der Waals surface area contributed by atoms with Crippen LogP contribution in [0.3, 0.4) is 0 Å². The Bertz CT molecular complexity index is 335. The first-order valence-corrected chi connectivity index (χ1v) is 5.32. The van der Waals surface area contributed by atoms with Crippen LogP contribution in [-0.2, 0) is 4.74 Å². The fourth-order valence-corrected chi connectivity index (χ4v) is 1.81. The summed E-state index contributed by atoms with van der Waals surface area (Å²) in [6.45, 7) is 0.828. The molecule has 3 nitrogen and oxygen atoms in total. The molecule has 1 aliphatic heterocycles. The molecule has 2 heterocycles. The molecule has 0 radical (unpaired) electrons. The number of pyridine rings is 1. The topological polar surface area (TPSA) is 34.1 Å². The van der Waals surface area contributed by atoms with Crippen molar-refractivity contribution in [3.05, 3.63) is 41.9 Å². The lowest BCUT2D eigenvalue weighted by molar-refractivity contribution is 0.169. The number of ether oxygens (including phenoxy) is 1. The molecule has 0 aliphatic carbocycles. The molecule has 2 rings (SSSR count). The lowest BCUT2D eigenvalue weighted by atomic mass is 10.0. The maximum atomic E-state index is 5.66. The predicted molar refractivity (Wildman–Crippen MR) is 59.3 cm³/mol. The van der Waals surface area contributed by atoms with E-state index in [1.54, 1.807) is 0 Å². The molecule has 1 N–H and O–H groups in total. The summed E-state index contributed by atoms with van der Waals surface area (Å²) in [5.41, 5.74) is 1.20. The monoisotopic (exact) mass is 204 g/mol. The van der Waals surface area contributed by atoms with Gasteiger partial charge >= 0.3 is 0 Å². The molecule has 1 unspecified atom stereocenters. The van der Waals surface area contributed by atoms with Crippen LogP contribution in [0.2, 0.25) is 0 Å². The highest BCUT2D eigenvalue weighted by Gasteiger charge is 2.17. The minimum Gasteiger partial charge on any atom is -0.496 e. The summed E-state index contributed by atoms with van der Waals surface area (Å²) in [6.07, 6.45) is 8.02. The lowest BCUT2D eigenvalue weighted by Gasteiger charge is -2.23.